The van der Waals surface area contributed by atoms with Gasteiger partial charge in [-0.05, 0) is 39.7 Å². The Labute approximate surface area is 167 Å². The molecule has 0 fully saturated rings. The molecular formula is C18H16BrN7O2. The minimum atomic E-state index is -0.324. The summed E-state index contributed by atoms with van der Waals surface area (Å²) in [6.07, 6.45) is 4.97. The Bertz CT molecular complexity index is 1190. The van der Waals surface area contributed by atoms with E-state index in [2.05, 4.69) is 36.4 Å². The number of aryl methyl sites for hydroxylation is 1. The number of halogens is 1. The lowest BCUT2D eigenvalue weighted by Crippen LogP contribution is -2.28. The van der Waals surface area contributed by atoms with E-state index < -0.39 is 0 Å². The Morgan fingerprint density at radius 1 is 1.25 bits per heavy atom. The first-order chi connectivity index (χ1) is 13.5. The van der Waals surface area contributed by atoms with Crippen LogP contribution in [0, 0.1) is 0 Å². The monoisotopic (exact) mass is 441 g/mol. The van der Waals surface area contributed by atoms with Crippen LogP contribution in [-0.2, 0) is 24.9 Å². The largest absolute Gasteiger partial charge is 0.325 e. The van der Waals surface area contributed by atoms with Crippen LogP contribution < -0.4 is 10.9 Å². The van der Waals surface area contributed by atoms with E-state index in [1.807, 2.05) is 41.2 Å². The number of aromatic nitrogens is 6. The summed E-state index contributed by atoms with van der Waals surface area (Å²) >= 11 is 3.26. The minimum absolute atomic E-state index is 0.141. The predicted octanol–water partition coefficient (Wildman–Crippen LogP) is 1.78. The molecule has 0 atom stereocenters. The van der Waals surface area contributed by atoms with Gasteiger partial charge in [-0.15, -0.1) is 0 Å². The van der Waals surface area contributed by atoms with Gasteiger partial charge < -0.3 is 5.32 Å². The number of nitrogens with zero attached hydrogens (tertiary/aromatic N) is 6. The molecular weight excluding hydrogens is 426 g/mol. The van der Waals surface area contributed by atoms with Gasteiger partial charge in [-0.2, -0.15) is 10.2 Å². The minimum Gasteiger partial charge on any atom is -0.325 e. The molecule has 0 aliphatic heterocycles. The second-order valence-electron chi connectivity index (χ2n) is 6.24. The van der Waals surface area contributed by atoms with Gasteiger partial charge in [0.15, 0.2) is 5.65 Å². The van der Waals surface area contributed by atoms with E-state index in [0.717, 1.165) is 5.56 Å². The van der Waals surface area contributed by atoms with Gasteiger partial charge in [0.1, 0.15) is 22.9 Å². The number of anilines is 1. The van der Waals surface area contributed by atoms with E-state index in [1.54, 1.807) is 13.2 Å². The van der Waals surface area contributed by atoms with E-state index in [1.165, 1.54) is 15.6 Å². The van der Waals surface area contributed by atoms with Crippen molar-refractivity contribution in [2.75, 3.05) is 5.32 Å². The highest BCUT2D eigenvalue weighted by Crippen LogP contribution is 2.16. The van der Waals surface area contributed by atoms with E-state index in [9.17, 15) is 9.59 Å². The number of fused-ring (bicyclic) bond motifs is 1. The highest BCUT2D eigenvalue weighted by molar-refractivity contribution is 9.10. The smallest absolute Gasteiger partial charge is 0.266 e. The lowest BCUT2D eigenvalue weighted by molar-refractivity contribution is -0.116. The van der Waals surface area contributed by atoms with Crippen molar-refractivity contribution in [3.05, 3.63) is 69.6 Å². The Balaban J connectivity index is 1.46. The summed E-state index contributed by atoms with van der Waals surface area (Å²) in [5.41, 5.74) is 1.85. The van der Waals surface area contributed by atoms with Crippen molar-refractivity contribution < 1.29 is 4.79 Å². The van der Waals surface area contributed by atoms with Crippen LogP contribution in [0.1, 0.15) is 5.56 Å². The fourth-order valence-electron chi connectivity index (χ4n) is 2.88. The second kappa shape index (κ2) is 7.39. The summed E-state index contributed by atoms with van der Waals surface area (Å²) in [5.74, 6) is -0.317. The first-order valence-corrected chi connectivity index (χ1v) is 9.24. The Morgan fingerprint density at radius 2 is 2.04 bits per heavy atom. The van der Waals surface area contributed by atoms with Crippen molar-refractivity contribution in [3.8, 4) is 0 Å². The zero-order chi connectivity index (χ0) is 19.7. The quantitative estimate of drug-likeness (QED) is 0.508. The fourth-order valence-corrected chi connectivity index (χ4v) is 3.46. The molecule has 0 saturated heterocycles. The third-order valence-electron chi connectivity index (χ3n) is 4.22. The van der Waals surface area contributed by atoms with Crippen molar-refractivity contribution in [1.29, 1.82) is 0 Å². The maximum absolute atomic E-state index is 12.6. The molecule has 9 nitrogen and oxygen atoms in total. The molecule has 0 unspecified atom stereocenters. The van der Waals surface area contributed by atoms with Crippen molar-refractivity contribution >= 4 is 38.6 Å². The molecule has 0 radical (unpaired) electrons. The molecule has 3 heterocycles. The lowest BCUT2D eigenvalue weighted by atomic mass is 10.2. The van der Waals surface area contributed by atoms with Gasteiger partial charge in [-0.25, -0.2) is 9.67 Å². The van der Waals surface area contributed by atoms with Crippen molar-refractivity contribution in [2.45, 2.75) is 13.1 Å². The fraction of sp³-hybridized carbons (Fsp3) is 0.167. The van der Waals surface area contributed by atoms with Crippen molar-refractivity contribution in [3.63, 3.8) is 0 Å². The molecule has 3 aromatic heterocycles. The summed E-state index contributed by atoms with van der Waals surface area (Å²) in [7, 11) is 1.70. The zero-order valence-corrected chi connectivity index (χ0v) is 16.5. The maximum Gasteiger partial charge on any atom is 0.266 e. The molecule has 4 rings (SSSR count). The summed E-state index contributed by atoms with van der Waals surface area (Å²) in [6, 6.07) is 9.34. The number of nitrogens with one attached hydrogen (secondary N) is 1. The average molecular weight is 442 g/mol. The van der Waals surface area contributed by atoms with E-state index in [-0.39, 0.29) is 18.0 Å². The molecule has 4 aromatic rings. The van der Waals surface area contributed by atoms with Crippen LogP contribution in [0.25, 0.3) is 11.0 Å². The van der Waals surface area contributed by atoms with Crippen molar-refractivity contribution in [2.24, 2.45) is 7.05 Å². The number of hydrogen-bond donors (Lipinski definition) is 1. The summed E-state index contributed by atoms with van der Waals surface area (Å²) in [4.78, 5) is 29.2. The Kier molecular flexibility index (Phi) is 4.78. The van der Waals surface area contributed by atoms with Crippen LogP contribution in [0.2, 0.25) is 0 Å². The molecule has 0 saturated carbocycles. The van der Waals surface area contributed by atoms with Gasteiger partial charge in [-0.1, -0.05) is 12.1 Å². The number of benzene rings is 1. The van der Waals surface area contributed by atoms with Crippen LogP contribution in [-0.4, -0.2) is 35.0 Å². The number of carbonyl (C=O) groups is 1. The Morgan fingerprint density at radius 3 is 2.75 bits per heavy atom. The van der Waals surface area contributed by atoms with E-state index in [4.69, 9.17) is 0 Å². The zero-order valence-electron chi connectivity index (χ0n) is 14.9. The van der Waals surface area contributed by atoms with Gasteiger partial charge in [0.25, 0.3) is 5.56 Å². The Hall–Kier alpha value is -3.27. The van der Waals surface area contributed by atoms with Gasteiger partial charge in [-0.3, -0.25) is 18.8 Å². The van der Waals surface area contributed by atoms with Crippen LogP contribution in [0.15, 0.2) is 58.5 Å². The maximum atomic E-state index is 12.6. The standard InChI is InChI=1S/C18H16BrN7O2/c1-24-17-15(16(19)23-24)18(28)25(11-20-17)10-14(27)22-13-5-3-12(4-6-13)9-26-8-2-7-21-26/h2-8,11H,9-10H2,1H3,(H,22,27). The third-order valence-corrected chi connectivity index (χ3v) is 4.78. The van der Waals surface area contributed by atoms with Gasteiger partial charge in [0, 0.05) is 25.1 Å². The molecule has 0 spiro atoms. The number of hydrogen-bond acceptors (Lipinski definition) is 5. The topological polar surface area (TPSA) is 99.6 Å². The van der Waals surface area contributed by atoms with Gasteiger partial charge in [0.05, 0.1) is 6.54 Å². The first-order valence-electron chi connectivity index (χ1n) is 8.45. The lowest BCUT2D eigenvalue weighted by Gasteiger charge is -2.08. The highest BCUT2D eigenvalue weighted by Gasteiger charge is 2.15. The average Bonchev–Trinajstić information content (AvgIpc) is 3.27. The molecule has 28 heavy (non-hydrogen) atoms. The summed E-state index contributed by atoms with van der Waals surface area (Å²) < 4.78 is 5.00. The SMILES string of the molecule is Cn1nc(Br)c2c(=O)n(CC(=O)Nc3ccc(Cn4cccn4)cc3)cnc21. The van der Waals surface area contributed by atoms with Crippen LogP contribution in [0.5, 0.6) is 0 Å². The highest BCUT2D eigenvalue weighted by atomic mass is 79.9. The number of rotatable bonds is 5. The van der Waals surface area contributed by atoms with Crippen LogP contribution in [0.4, 0.5) is 5.69 Å². The van der Waals surface area contributed by atoms with Crippen LogP contribution in [0.3, 0.4) is 0 Å². The van der Waals surface area contributed by atoms with E-state index >= 15 is 0 Å². The van der Waals surface area contributed by atoms with Crippen LogP contribution >= 0.6 is 15.9 Å². The predicted molar refractivity (Wildman–Crippen MR) is 107 cm³/mol. The normalized spacial score (nSPS) is 11.1. The van der Waals surface area contributed by atoms with Crippen molar-refractivity contribution in [1.82, 2.24) is 29.1 Å². The number of amides is 1. The molecule has 142 valence electrons. The van der Waals surface area contributed by atoms with Gasteiger partial charge >= 0.3 is 0 Å². The molecule has 1 aromatic carbocycles. The second-order valence-corrected chi connectivity index (χ2v) is 6.99. The number of carbonyl (C=O) groups excluding carboxylic acids is 1. The first kappa shape index (κ1) is 18.1. The molecule has 0 aliphatic rings. The summed E-state index contributed by atoms with van der Waals surface area (Å²) in [5, 5.41) is 11.4. The summed E-state index contributed by atoms with van der Waals surface area (Å²) in [6.45, 7) is 0.514. The van der Waals surface area contributed by atoms with E-state index in [0.29, 0.717) is 27.9 Å². The molecule has 0 bridgehead atoms. The molecule has 1 N–H and O–H groups in total. The van der Waals surface area contributed by atoms with Gasteiger partial charge in [0.2, 0.25) is 5.91 Å². The molecule has 0 aliphatic carbocycles. The third kappa shape index (κ3) is 3.58. The molecule has 10 heteroatoms. The molecule has 1 amide bonds.